The molecular weight excluding hydrogens is 252 g/mol. The van der Waals surface area contributed by atoms with Gasteiger partial charge in [0.15, 0.2) is 0 Å². The van der Waals surface area contributed by atoms with E-state index in [4.69, 9.17) is 4.42 Å². The first-order valence-corrected chi connectivity index (χ1v) is 6.65. The molecule has 0 spiro atoms. The molecule has 1 N–H and O–H groups in total. The fourth-order valence-electron chi connectivity index (χ4n) is 1.96. The monoisotopic (exact) mass is 270 g/mol. The molecule has 0 unspecified atom stereocenters. The van der Waals surface area contributed by atoms with Crippen molar-refractivity contribution in [1.82, 2.24) is 14.4 Å². The van der Waals surface area contributed by atoms with Gasteiger partial charge in [-0.15, -0.1) is 0 Å². The summed E-state index contributed by atoms with van der Waals surface area (Å²) < 4.78 is 7.70. The number of aromatic nitrogens is 3. The summed E-state index contributed by atoms with van der Waals surface area (Å²) in [7, 11) is 0. The van der Waals surface area contributed by atoms with Crippen LogP contribution in [0.2, 0.25) is 0 Å². The molecular formula is C15H18N4O. The Morgan fingerprint density at radius 2 is 2.05 bits per heavy atom. The quantitative estimate of drug-likeness (QED) is 0.794. The van der Waals surface area contributed by atoms with E-state index < -0.39 is 0 Å². The number of hydrogen-bond acceptors (Lipinski definition) is 4. The van der Waals surface area contributed by atoms with Crippen LogP contribution in [0.5, 0.6) is 0 Å². The van der Waals surface area contributed by atoms with Gasteiger partial charge < -0.3 is 9.73 Å². The second-order valence-electron chi connectivity index (χ2n) is 5.82. The van der Waals surface area contributed by atoms with E-state index in [1.807, 2.05) is 35.0 Å². The van der Waals surface area contributed by atoms with Gasteiger partial charge in [0.25, 0.3) is 0 Å². The fourth-order valence-corrected chi connectivity index (χ4v) is 1.96. The molecule has 3 aromatic rings. The molecule has 0 amide bonds. The molecule has 0 saturated heterocycles. The number of nitrogens with one attached hydrogen (secondary N) is 1. The Morgan fingerprint density at radius 3 is 2.80 bits per heavy atom. The molecule has 5 heteroatoms. The van der Waals surface area contributed by atoms with E-state index in [-0.39, 0.29) is 5.41 Å². The number of fused-ring (bicyclic) bond motifs is 1. The van der Waals surface area contributed by atoms with Gasteiger partial charge in [0.05, 0.1) is 6.54 Å². The molecule has 0 aromatic carbocycles. The molecule has 20 heavy (non-hydrogen) atoms. The molecule has 0 aliphatic heterocycles. The third-order valence-electron chi connectivity index (χ3n) is 3.11. The predicted molar refractivity (Wildman–Crippen MR) is 77.7 cm³/mol. The lowest BCUT2D eigenvalue weighted by molar-refractivity contribution is 0.389. The second kappa shape index (κ2) is 4.67. The normalized spacial score (nSPS) is 11.9. The molecule has 5 nitrogen and oxygen atoms in total. The third kappa shape index (κ3) is 2.52. The van der Waals surface area contributed by atoms with Crippen molar-refractivity contribution in [3.05, 3.63) is 48.3 Å². The molecule has 3 rings (SSSR count). The molecule has 3 aromatic heterocycles. The lowest BCUT2D eigenvalue weighted by atomic mass is 9.94. The average molecular weight is 270 g/mol. The molecule has 0 aliphatic rings. The summed E-state index contributed by atoms with van der Waals surface area (Å²) in [5, 5.41) is 3.25. The summed E-state index contributed by atoms with van der Waals surface area (Å²) in [5.74, 6) is 3.37. The molecule has 0 fully saturated rings. The minimum Gasteiger partial charge on any atom is -0.464 e. The minimum absolute atomic E-state index is 0.0330. The van der Waals surface area contributed by atoms with Crippen LogP contribution in [0.4, 0.5) is 5.82 Å². The zero-order valence-corrected chi connectivity index (χ0v) is 11.9. The molecule has 0 radical (unpaired) electrons. The predicted octanol–water partition coefficient (Wildman–Crippen LogP) is 3.23. The molecule has 3 heterocycles. The van der Waals surface area contributed by atoms with Crippen molar-refractivity contribution < 1.29 is 4.42 Å². The summed E-state index contributed by atoms with van der Waals surface area (Å²) >= 11 is 0. The van der Waals surface area contributed by atoms with Gasteiger partial charge in [-0.3, -0.25) is 4.40 Å². The largest absolute Gasteiger partial charge is 0.464 e. The Kier molecular flexibility index (Phi) is 2.97. The van der Waals surface area contributed by atoms with E-state index >= 15 is 0 Å². The van der Waals surface area contributed by atoms with Crippen LogP contribution in [-0.4, -0.2) is 14.4 Å². The van der Waals surface area contributed by atoms with Crippen molar-refractivity contribution in [2.75, 3.05) is 5.32 Å². The summed E-state index contributed by atoms with van der Waals surface area (Å²) in [5.41, 5.74) is 0.0330. The standard InChI is InChI=1S/C15H18N4O/c1-15(2,3)12-5-4-11(20-12)10-17-13-6-8-19-9-7-16-14(19)18-13/h4-9H,10H2,1-3H3,(H,16,17,18). The van der Waals surface area contributed by atoms with Crippen LogP contribution < -0.4 is 5.32 Å². The first-order valence-electron chi connectivity index (χ1n) is 6.65. The van der Waals surface area contributed by atoms with Gasteiger partial charge in [0.2, 0.25) is 5.78 Å². The highest BCUT2D eigenvalue weighted by molar-refractivity contribution is 5.41. The van der Waals surface area contributed by atoms with Crippen molar-refractivity contribution >= 4 is 11.6 Å². The van der Waals surface area contributed by atoms with E-state index in [0.717, 1.165) is 17.3 Å². The zero-order chi connectivity index (χ0) is 14.2. The Bertz CT molecular complexity index is 721. The summed E-state index contributed by atoms with van der Waals surface area (Å²) in [6.45, 7) is 7.02. The number of hydrogen-bond donors (Lipinski definition) is 1. The van der Waals surface area contributed by atoms with Gasteiger partial charge in [-0.1, -0.05) is 20.8 Å². The highest BCUT2D eigenvalue weighted by Crippen LogP contribution is 2.24. The van der Waals surface area contributed by atoms with Crippen molar-refractivity contribution in [2.24, 2.45) is 0 Å². The summed E-state index contributed by atoms with van der Waals surface area (Å²) in [6, 6.07) is 5.95. The second-order valence-corrected chi connectivity index (χ2v) is 5.82. The number of nitrogens with zero attached hydrogens (tertiary/aromatic N) is 3. The van der Waals surface area contributed by atoms with Crippen LogP contribution in [0.1, 0.15) is 32.3 Å². The van der Waals surface area contributed by atoms with Gasteiger partial charge >= 0.3 is 0 Å². The fraction of sp³-hybridized carbons (Fsp3) is 0.333. The summed E-state index contributed by atoms with van der Waals surface area (Å²) in [6.07, 6.45) is 5.53. The van der Waals surface area contributed by atoms with Crippen LogP contribution in [-0.2, 0) is 12.0 Å². The van der Waals surface area contributed by atoms with Crippen molar-refractivity contribution in [3.63, 3.8) is 0 Å². The number of rotatable bonds is 3. The van der Waals surface area contributed by atoms with Gasteiger partial charge in [-0.2, -0.15) is 4.98 Å². The molecule has 0 atom stereocenters. The number of furan rings is 1. The molecule has 0 aliphatic carbocycles. The lowest BCUT2D eigenvalue weighted by Crippen LogP contribution is -2.09. The number of anilines is 1. The maximum absolute atomic E-state index is 5.83. The maximum atomic E-state index is 5.83. The number of imidazole rings is 1. The van der Waals surface area contributed by atoms with E-state index in [9.17, 15) is 0 Å². The van der Waals surface area contributed by atoms with Gasteiger partial charge in [-0.25, -0.2) is 4.98 Å². The Hall–Kier alpha value is -2.30. The Balaban J connectivity index is 1.71. The summed E-state index contributed by atoms with van der Waals surface area (Å²) in [4.78, 5) is 8.56. The Labute approximate surface area is 117 Å². The van der Waals surface area contributed by atoms with Gasteiger partial charge in [0, 0.05) is 24.0 Å². The van der Waals surface area contributed by atoms with Crippen molar-refractivity contribution in [2.45, 2.75) is 32.7 Å². The van der Waals surface area contributed by atoms with Gasteiger partial charge in [-0.05, 0) is 18.2 Å². The van der Waals surface area contributed by atoms with Crippen molar-refractivity contribution in [3.8, 4) is 0 Å². The topological polar surface area (TPSA) is 55.4 Å². The van der Waals surface area contributed by atoms with E-state index in [1.54, 1.807) is 6.20 Å². The van der Waals surface area contributed by atoms with Crippen LogP contribution >= 0.6 is 0 Å². The highest BCUT2D eigenvalue weighted by atomic mass is 16.3. The third-order valence-corrected chi connectivity index (χ3v) is 3.11. The maximum Gasteiger partial charge on any atom is 0.235 e. The molecule has 104 valence electrons. The average Bonchev–Trinajstić information content (AvgIpc) is 3.04. The first kappa shape index (κ1) is 12.7. The zero-order valence-electron chi connectivity index (χ0n) is 11.9. The Morgan fingerprint density at radius 1 is 1.20 bits per heavy atom. The van der Waals surface area contributed by atoms with E-state index in [0.29, 0.717) is 12.3 Å². The van der Waals surface area contributed by atoms with Crippen LogP contribution in [0.15, 0.2) is 41.2 Å². The first-order chi connectivity index (χ1) is 9.52. The molecule has 0 saturated carbocycles. The van der Waals surface area contributed by atoms with E-state index in [2.05, 4.69) is 36.1 Å². The van der Waals surface area contributed by atoms with Crippen molar-refractivity contribution in [1.29, 1.82) is 0 Å². The highest BCUT2D eigenvalue weighted by Gasteiger charge is 2.17. The van der Waals surface area contributed by atoms with Crippen LogP contribution in [0, 0.1) is 0 Å². The van der Waals surface area contributed by atoms with Gasteiger partial charge in [0.1, 0.15) is 17.3 Å². The van der Waals surface area contributed by atoms with Crippen LogP contribution in [0.3, 0.4) is 0 Å². The lowest BCUT2D eigenvalue weighted by Gasteiger charge is -2.14. The molecule has 0 bridgehead atoms. The minimum atomic E-state index is 0.0330. The smallest absolute Gasteiger partial charge is 0.235 e. The van der Waals surface area contributed by atoms with E-state index in [1.165, 1.54) is 0 Å². The SMILES string of the molecule is CC(C)(C)c1ccc(CNc2ccn3ccnc3n2)o1. The van der Waals surface area contributed by atoms with Crippen LogP contribution in [0.25, 0.3) is 5.78 Å².